The predicted molar refractivity (Wildman–Crippen MR) is 59.0 cm³/mol. The quantitative estimate of drug-likeness (QED) is 0.680. The molecule has 0 atom stereocenters. The summed E-state index contributed by atoms with van der Waals surface area (Å²) in [7, 11) is 0. The second kappa shape index (κ2) is 3.10. The largest absolute Gasteiger partial charge is 0.508 e. The van der Waals surface area contributed by atoms with Crippen molar-refractivity contribution in [3.05, 3.63) is 35.7 Å². The molecule has 3 aromatic rings. The van der Waals surface area contributed by atoms with E-state index in [2.05, 4.69) is 5.16 Å². The summed E-state index contributed by atoms with van der Waals surface area (Å²) in [5.74, 6) is 0.939. The minimum Gasteiger partial charge on any atom is -0.508 e. The van der Waals surface area contributed by atoms with Gasteiger partial charge in [0.1, 0.15) is 5.75 Å². The fourth-order valence-electron chi connectivity index (χ4n) is 1.54. The summed E-state index contributed by atoms with van der Waals surface area (Å²) in [6.45, 7) is 0. The second-order valence-corrected chi connectivity index (χ2v) is 4.10. The molecular formula is C11H7NO2S. The molecule has 0 radical (unpaired) electrons. The Kier molecular flexibility index (Phi) is 1.76. The predicted octanol–water partition coefficient (Wildman–Crippen LogP) is 3.26. The van der Waals surface area contributed by atoms with Crippen molar-refractivity contribution in [3.8, 4) is 17.1 Å². The summed E-state index contributed by atoms with van der Waals surface area (Å²) in [6, 6.07) is 8.93. The standard InChI is InChI=1S/C11H7NO2S/c13-8-3-1-2-7(6-8)10-9-4-5-15-11(9)12-14-10/h1-6,13H. The van der Waals surface area contributed by atoms with Crippen molar-refractivity contribution in [1.82, 2.24) is 5.16 Å². The fourth-order valence-corrected chi connectivity index (χ4v) is 2.24. The molecule has 15 heavy (non-hydrogen) atoms. The maximum atomic E-state index is 9.38. The molecule has 3 nitrogen and oxygen atoms in total. The van der Waals surface area contributed by atoms with Crippen molar-refractivity contribution in [2.75, 3.05) is 0 Å². The van der Waals surface area contributed by atoms with Crippen LogP contribution in [0.1, 0.15) is 0 Å². The molecule has 0 aliphatic rings. The number of benzene rings is 1. The third-order valence-electron chi connectivity index (χ3n) is 2.22. The summed E-state index contributed by atoms with van der Waals surface area (Å²) in [5.41, 5.74) is 0.843. The minimum absolute atomic E-state index is 0.229. The lowest BCUT2D eigenvalue weighted by molar-refractivity contribution is 0.441. The van der Waals surface area contributed by atoms with Gasteiger partial charge in [0.2, 0.25) is 0 Å². The number of thiophene rings is 1. The first-order chi connectivity index (χ1) is 7.34. The first kappa shape index (κ1) is 8.49. The molecule has 2 heterocycles. The van der Waals surface area contributed by atoms with E-state index in [1.54, 1.807) is 18.2 Å². The molecule has 0 saturated heterocycles. The van der Waals surface area contributed by atoms with E-state index in [-0.39, 0.29) is 5.75 Å². The molecule has 2 aromatic heterocycles. The van der Waals surface area contributed by atoms with Gasteiger partial charge in [-0.05, 0) is 23.6 Å². The van der Waals surface area contributed by atoms with Crippen molar-refractivity contribution < 1.29 is 9.63 Å². The summed E-state index contributed by atoms with van der Waals surface area (Å²) >= 11 is 1.54. The number of phenols is 1. The third kappa shape index (κ3) is 1.30. The van der Waals surface area contributed by atoms with E-state index in [0.29, 0.717) is 5.76 Å². The monoisotopic (exact) mass is 217 g/mol. The zero-order valence-corrected chi connectivity index (χ0v) is 8.49. The highest BCUT2D eigenvalue weighted by molar-refractivity contribution is 7.16. The normalized spacial score (nSPS) is 10.9. The van der Waals surface area contributed by atoms with Gasteiger partial charge in [-0.15, -0.1) is 11.3 Å². The number of rotatable bonds is 1. The fraction of sp³-hybridized carbons (Fsp3) is 0. The van der Waals surface area contributed by atoms with E-state index in [4.69, 9.17) is 4.52 Å². The molecule has 4 heteroatoms. The van der Waals surface area contributed by atoms with Crippen LogP contribution in [0.15, 0.2) is 40.2 Å². The highest BCUT2D eigenvalue weighted by Crippen LogP contribution is 2.32. The van der Waals surface area contributed by atoms with E-state index in [1.165, 1.54) is 11.3 Å². The first-order valence-electron chi connectivity index (χ1n) is 4.47. The van der Waals surface area contributed by atoms with E-state index in [1.807, 2.05) is 17.5 Å². The average molecular weight is 217 g/mol. The molecule has 0 saturated carbocycles. The van der Waals surface area contributed by atoms with Crippen molar-refractivity contribution in [3.63, 3.8) is 0 Å². The molecule has 0 bridgehead atoms. The molecule has 0 aliphatic heterocycles. The maximum Gasteiger partial charge on any atom is 0.175 e. The number of hydrogen-bond donors (Lipinski definition) is 1. The van der Waals surface area contributed by atoms with Crippen molar-refractivity contribution >= 4 is 21.6 Å². The Morgan fingerprint density at radius 2 is 2.20 bits per heavy atom. The lowest BCUT2D eigenvalue weighted by Crippen LogP contribution is -1.73. The van der Waals surface area contributed by atoms with Crippen molar-refractivity contribution in [2.45, 2.75) is 0 Å². The Balaban J connectivity index is 2.26. The Labute approximate surface area is 89.6 Å². The number of hydrogen-bond acceptors (Lipinski definition) is 4. The molecule has 3 rings (SSSR count). The van der Waals surface area contributed by atoms with Crippen LogP contribution in [0.5, 0.6) is 5.75 Å². The van der Waals surface area contributed by atoms with Gasteiger partial charge in [0.25, 0.3) is 0 Å². The molecule has 0 aliphatic carbocycles. The molecule has 0 unspecified atom stereocenters. The maximum absolute atomic E-state index is 9.38. The SMILES string of the molecule is Oc1cccc(-c2onc3sccc23)c1. The van der Waals surface area contributed by atoms with E-state index in [0.717, 1.165) is 15.8 Å². The number of nitrogens with zero attached hydrogens (tertiary/aromatic N) is 1. The van der Waals surface area contributed by atoms with Gasteiger partial charge in [0, 0.05) is 5.56 Å². The van der Waals surface area contributed by atoms with Gasteiger partial charge in [-0.25, -0.2) is 0 Å². The van der Waals surface area contributed by atoms with Crippen LogP contribution in [0.4, 0.5) is 0 Å². The Bertz CT molecular complexity index is 612. The first-order valence-corrected chi connectivity index (χ1v) is 5.35. The zero-order valence-electron chi connectivity index (χ0n) is 7.68. The highest BCUT2D eigenvalue weighted by Gasteiger charge is 2.11. The molecule has 1 aromatic carbocycles. The van der Waals surface area contributed by atoms with Crippen LogP contribution in [-0.2, 0) is 0 Å². The molecule has 74 valence electrons. The van der Waals surface area contributed by atoms with E-state index in [9.17, 15) is 5.11 Å². The Morgan fingerprint density at radius 3 is 3.07 bits per heavy atom. The van der Waals surface area contributed by atoms with Crippen LogP contribution in [0.2, 0.25) is 0 Å². The molecular weight excluding hydrogens is 210 g/mol. The average Bonchev–Trinajstić information content (AvgIpc) is 2.77. The minimum atomic E-state index is 0.229. The van der Waals surface area contributed by atoms with Gasteiger partial charge in [-0.2, -0.15) is 0 Å². The molecule has 0 fully saturated rings. The van der Waals surface area contributed by atoms with Crippen LogP contribution in [-0.4, -0.2) is 10.3 Å². The van der Waals surface area contributed by atoms with Crippen molar-refractivity contribution in [1.29, 1.82) is 0 Å². The van der Waals surface area contributed by atoms with Crippen LogP contribution in [0.3, 0.4) is 0 Å². The van der Waals surface area contributed by atoms with Gasteiger partial charge in [0.15, 0.2) is 10.6 Å². The van der Waals surface area contributed by atoms with Crippen LogP contribution < -0.4 is 0 Å². The second-order valence-electron chi connectivity index (χ2n) is 3.20. The summed E-state index contributed by atoms with van der Waals surface area (Å²) in [5, 5.41) is 16.3. The summed E-state index contributed by atoms with van der Waals surface area (Å²) in [6.07, 6.45) is 0. The zero-order chi connectivity index (χ0) is 10.3. The summed E-state index contributed by atoms with van der Waals surface area (Å²) < 4.78 is 5.25. The van der Waals surface area contributed by atoms with Gasteiger partial charge >= 0.3 is 0 Å². The van der Waals surface area contributed by atoms with Gasteiger partial charge in [-0.1, -0.05) is 17.3 Å². The van der Waals surface area contributed by atoms with Crippen LogP contribution in [0.25, 0.3) is 21.5 Å². The topological polar surface area (TPSA) is 46.3 Å². The van der Waals surface area contributed by atoms with Crippen molar-refractivity contribution in [2.24, 2.45) is 0 Å². The molecule has 1 N–H and O–H groups in total. The molecule has 0 spiro atoms. The molecule has 0 amide bonds. The lowest BCUT2D eigenvalue weighted by atomic mass is 10.1. The van der Waals surface area contributed by atoms with Gasteiger partial charge in [0.05, 0.1) is 5.39 Å². The smallest absolute Gasteiger partial charge is 0.175 e. The van der Waals surface area contributed by atoms with Gasteiger partial charge in [-0.3, -0.25) is 0 Å². The number of phenolic OH excluding ortho intramolecular Hbond substituents is 1. The number of aromatic hydroxyl groups is 1. The van der Waals surface area contributed by atoms with E-state index >= 15 is 0 Å². The van der Waals surface area contributed by atoms with E-state index < -0.39 is 0 Å². The Hall–Kier alpha value is -1.81. The number of aromatic nitrogens is 1. The van der Waals surface area contributed by atoms with Gasteiger partial charge < -0.3 is 9.63 Å². The third-order valence-corrected chi connectivity index (χ3v) is 3.01. The lowest BCUT2D eigenvalue weighted by Gasteiger charge is -1.96. The van der Waals surface area contributed by atoms with Crippen LogP contribution in [0, 0.1) is 0 Å². The Morgan fingerprint density at radius 1 is 1.27 bits per heavy atom. The highest BCUT2D eigenvalue weighted by atomic mass is 32.1. The summed E-state index contributed by atoms with van der Waals surface area (Å²) in [4.78, 5) is 0.883. The van der Waals surface area contributed by atoms with Crippen LogP contribution >= 0.6 is 11.3 Å². The number of fused-ring (bicyclic) bond motifs is 1.